The van der Waals surface area contributed by atoms with E-state index in [-0.39, 0.29) is 0 Å². The average molecular weight is 360 g/mol. The number of hydrogen-bond donors (Lipinski definition) is 0. The van der Waals surface area contributed by atoms with Gasteiger partial charge >= 0.3 is 0 Å². The Morgan fingerprint density at radius 3 is 2.00 bits per heavy atom. The lowest BCUT2D eigenvalue weighted by Crippen LogP contribution is -2.22. The van der Waals surface area contributed by atoms with E-state index in [9.17, 15) is 0 Å². The maximum atomic E-state index is 5.69. The molecule has 0 radical (unpaired) electrons. The summed E-state index contributed by atoms with van der Waals surface area (Å²) in [5.74, 6) is 0.485. The van der Waals surface area contributed by atoms with Crippen LogP contribution in [0.1, 0.15) is 0 Å². The highest BCUT2D eigenvalue weighted by atomic mass is 32.1. The number of pyridine rings is 1. The van der Waals surface area contributed by atoms with E-state index in [1.807, 2.05) is 48.5 Å². The van der Waals surface area contributed by atoms with Gasteiger partial charge in [-0.2, -0.15) is 4.68 Å². The Labute approximate surface area is 156 Å². The van der Waals surface area contributed by atoms with Gasteiger partial charge in [-0.3, -0.25) is 4.98 Å². The molecule has 0 amide bonds. The Hall–Kier alpha value is -3.25. The van der Waals surface area contributed by atoms with Crippen LogP contribution in [-0.2, 0) is 6.67 Å². The molecule has 0 bridgehead atoms. The summed E-state index contributed by atoms with van der Waals surface area (Å²) in [6.07, 6.45) is 3.40. The van der Waals surface area contributed by atoms with Crippen molar-refractivity contribution >= 4 is 23.6 Å². The second kappa shape index (κ2) is 7.33. The van der Waals surface area contributed by atoms with Gasteiger partial charge in [0.2, 0.25) is 5.89 Å². The van der Waals surface area contributed by atoms with Gasteiger partial charge in [-0.25, -0.2) is 0 Å². The second-order valence-corrected chi connectivity index (χ2v) is 6.00. The highest BCUT2D eigenvalue weighted by Gasteiger charge is 2.14. The van der Waals surface area contributed by atoms with Crippen LogP contribution in [0.25, 0.3) is 11.5 Å². The molecule has 26 heavy (non-hydrogen) atoms. The van der Waals surface area contributed by atoms with Gasteiger partial charge in [-0.15, -0.1) is 5.10 Å². The third kappa shape index (κ3) is 3.41. The molecule has 0 atom stereocenters. The summed E-state index contributed by atoms with van der Waals surface area (Å²) in [7, 11) is 0. The normalized spacial score (nSPS) is 10.6. The number of rotatable bonds is 5. The average Bonchev–Trinajstić information content (AvgIpc) is 3.08. The lowest BCUT2D eigenvalue weighted by Gasteiger charge is -2.24. The Bertz CT molecular complexity index is 990. The van der Waals surface area contributed by atoms with Gasteiger partial charge in [0.05, 0.1) is 0 Å². The van der Waals surface area contributed by atoms with Crippen LogP contribution in [0.3, 0.4) is 0 Å². The molecule has 0 aliphatic rings. The number of hydrogen-bond acceptors (Lipinski definition) is 5. The van der Waals surface area contributed by atoms with Gasteiger partial charge in [0, 0.05) is 29.3 Å². The van der Waals surface area contributed by atoms with Gasteiger partial charge in [0.1, 0.15) is 6.67 Å². The molecule has 2 aromatic carbocycles. The molecule has 0 saturated carbocycles. The Morgan fingerprint density at radius 1 is 0.846 bits per heavy atom. The predicted molar refractivity (Wildman–Crippen MR) is 104 cm³/mol. The largest absolute Gasteiger partial charge is 0.409 e. The monoisotopic (exact) mass is 360 g/mol. The molecule has 2 heterocycles. The van der Waals surface area contributed by atoms with Crippen LogP contribution in [0, 0.1) is 4.84 Å². The molecule has 0 N–H and O–H groups in total. The summed E-state index contributed by atoms with van der Waals surface area (Å²) < 4.78 is 7.37. The van der Waals surface area contributed by atoms with Crippen molar-refractivity contribution < 1.29 is 4.42 Å². The van der Waals surface area contributed by atoms with Gasteiger partial charge in [-0.05, 0) is 48.6 Å². The molecule has 0 saturated heterocycles. The molecule has 4 rings (SSSR count). The van der Waals surface area contributed by atoms with Crippen molar-refractivity contribution in [1.82, 2.24) is 14.8 Å². The van der Waals surface area contributed by atoms with Crippen LogP contribution in [0.2, 0.25) is 0 Å². The van der Waals surface area contributed by atoms with Gasteiger partial charge in [0.25, 0.3) is 4.84 Å². The van der Waals surface area contributed by atoms with E-state index in [1.165, 1.54) is 0 Å². The first-order chi connectivity index (χ1) is 12.8. The van der Waals surface area contributed by atoms with Crippen LogP contribution in [0.15, 0.2) is 89.6 Å². The number of anilines is 2. The predicted octanol–water partition coefficient (Wildman–Crippen LogP) is 5.06. The smallest absolute Gasteiger partial charge is 0.289 e. The third-order valence-corrected chi connectivity index (χ3v) is 4.24. The fourth-order valence-corrected chi connectivity index (χ4v) is 2.85. The standard InChI is InChI=1S/C20H16N4OS/c26-20-24(22-19(25-20)16-11-13-21-14-12-16)15-23(17-7-3-1-4-8-17)18-9-5-2-6-10-18/h1-14H,15H2. The molecule has 0 fully saturated rings. The molecule has 0 aliphatic heterocycles. The minimum absolute atomic E-state index is 0.327. The third-order valence-electron chi connectivity index (χ3n) is 3.94. The summed E-state index contributed by atoms with van der Waals surface area (Å²) in [5, 5.41) is 4.55. The quantitative estimate of drug-likeness (QED) is 0.465. The molecule has 128 valence electrons. The van der Waals surface area contributed by atoms with E-state index < -0.39 is 0 Å². The second-order valence-electron chi connectivity index (χ2n) is 5.65. The topological polar surface area (TPSA) is 47.1 Å². The molecule has 6 heteroatoms. The lowest BCUT2D eigenvalue weighted by atomic mass is 10.2. The van der Waals surface area contributed by atoms with E-state index in [2.05, 4.69) is 39.2 Å². The molecular formula is C20H16N4OS. The summed E-state index contributed by atoms with van der Waals surface area (Å²) in [6.45, 7) is 0.446. The lowest BCUT2D eigenvalue weighted by molar-refractivity contribution is 0.513. The van der Waals surface area contributed by atoms with E-state index >= 15 is 0 Å². The zero-order valence-corrected chi connectivity index (χ0v) is 14.7. The van der Waals surface area contributed by atoms with Crippen molar-refractivity contribution in [2.75, 3.05) is 4.90 Å². The van der Waals surface area contributed by atoms with Crippen LogP contribution in [-0.4, -0.2) is 14.8 Å². The van der Waals surface area contributed by atoms with Crippen molar-refractivity contribution in [2.24, 2.45) is 0 Å². The van der Waals surface area contributed by atoms with Crippen molar-refractivity contribution in [2.45, 2.75) is 6.67 Å². The van der Waals surface area contributed by atoms with Gasteiger partial charge in [0.15, 0.2) is 0 Å². The maximum absolute atomic E-state index is 5.69. The van der Waals surface area contributed by atoms with E-state index in [0.717, 1.165) is 16.9 Å². The summed E-state index contributed by atoms with van der Waals surface area (Å²) in [6, 6.07) is 23.9. The van der Waals surface area contributed by atoms with Crippen LogP contribution in [0.4, 0.5) is 11.4 Å². The number of para-hydroxylation sites is 2. The molecular weight excluding hydrogens is 344 g/mol. The molecule has 0 spiro atoms. The Morgan fingerprint density at radius 2 is 1.42 bits per heavy atom. The van der Waals surface area contributed by atoms with Crippen LogP contribution in [0.5, 0.6) is 0 Å². The van der Waals surface area contributed by atoms with Crippen LogP contribution >= 0.6 is 12.2 Å². The fourth-order valence-electron chi connectivity index (χ4n) is 2.67. The molecule has 0 unspecified atom stereocenters. The van der Waals surface area contributed by atoms with E-state index in [0.29, 0.717) is 17.4 Å². The highest BCUT2D eigenvalue weighted by molar-refractivity contribution is 7.71. The van der Waals surface area contributed by atoms with Crippen LogP contribution < -0.4 is 4.90 Å². The molecule has 5 nitrogen and oxygen atoms in total. The highest BCUT2D eigenvalue weighted by Crippen LogP contribution is 2.26. The minimum atomic E-state index is 0.327. The molecule has 0 aliphatic carbocycles. The number of benzene rings is 2. The van der Waals surface area contributed by atoms with Gasteiger partial charge in [-0.1, -0.05) is 36.4 Å². The molecule has 4 aromatic rings. The number of nitrogens with zero attached hydrogens (tertiary/aromatic N) is 4. The van der Waals surface area contributed by atoms with Crippen molar-refractivity contribution in [1.29, 1.82) is 0 Å². The Kier molecular flexibility index (Phi) is 4.57. The zero-order chi connectivity index (χ0) is 17.8. The first-order valence-electron chi connectivity index (χ1n) is 8.17. The first kappa shape index (κ1) is 16.2. The fraction of sp³-hybridized carbons (Fsp3) is 0.0500. The maximum Gasteiger partial charge on any atom is 0.289 e. The van der Waals surface area contributed by atoms with Crippen molar-refractivity contribution in [3.8, 4) is 11.5 Å². The van der Waals surface area contributed by atoms with Gasteiger partial charge < -0.3 is 9.32 Å². The summed E-state index contributed by atoms with van der Waals surface area (Å²) in [4.78, 5) is 6.48. The zero-order valence-electron chi connectivity index (χ0n) is 13.9. The minimum Gasteiger partial charge on any atom is -0.409 e. The first-order valence-corrected chi connectivity index (χ1v) is 8.58. The van der Waals surface area contributed by atoms with Crippen molar-refractivity contribution in [3.05, 3.63) is 90.0 Å². The number of aromatic nitrogens is 3. The SMILES string of the molecule is S=c1oc(-c2ccncc2)nn1CN(c1ccccc1)c1ccccc1. The van der Waals surface area contributed by atoms with E-state index in [4.69, 9.17) is 16.6 Å². The van der Waals surface area contributed by atoms with E-state index in [1.54, 1.807) is 17.1 Å². The summed E-state index contributed by atoms with van der Waals surface area (Å²) >= 11 is 5.38. The summed E-state index contributed by atoms with van der Waals surface area (Å²) in [5.41, 5.74) is 2.94. The molecule has 2 aromatic heterocycles. The van der Waals surface area contributed by atoms with Crippen molar-refractivity contribution in [3.63, 3.8) is 0 Å². The Balaban J connectivity index is 1.71.